The van der Waals surface area contributed by atoms with Gasteiger partial charge in [-0.05, 0) is 48.4 Å². The van der Waals surface area contributed by atoms with Gasteiger partial charge in [0.05, 0.1) is 16.9 Å². The lowest BCUT2D eigenvalue weighted by Crippen LogP contribution is -2.48. The second-order valence-corrected chi connectivity index (χ2v) is 9.44. The molecule has 6 rings (SSSR count). The van der Waals surface area contributed by atoms with Crippen molar-refractivity contribution in [3.8, 4) is 28.4 Å². The van der Waals surface area contributed by atoms with Crippen molar-refractivity contribution in [3.05, 3.63) is 102 Å². The first-order valence-electron chi connectivity index (χ1n) is 12.5. The van der Waals surface area contributed by atoms with Gasteiger partial charge in [0.25, 0.3) is 5.91 Å². The van der Waals surface area contributed by atoms with Gasteiger partial charge in [-0.3, -0.25) is 9.69 Å². The number of hydrogen-bond donors (Lipinski definition) is 0. The molecule has 0 radical (unpaired) electrons. The number of rotatable bonds is 5. The molecule has 0 aliphatic carbocycles. The van der Waals surface area contributed by atoms with Gasteiger partial charge >= 0.3 is 0 Å². The highest BCUT2D eigenvalue weighted by Crippen LogP contribution is 2.33. The van der Waals surface area contributed by atoms with Crippen LogP contribution in [0.4, 0.5) is 4.39 Å². The molecule has 2 aliphatic rings. The van der Waals surface area contributed by atoms with Crippen molar-refractivity contribution >= 4 is 5.91 Å². The fourth-order valence-corrected chi connectivity index (χ4v) is 5.17. The average molecular weight is 498 g/mol. The van der Waals surface area contributed by atoms with E-state index in [1.807, 2.05) is 71.0 Å². The van der Waals surface area contributed by atoms with E-state index in [2.05, 4.69) is 11.0 Å². The SMILES string of the molecule is Cc1c(C(=O)N2CCN(Cc3ccc4c(c3)OCO4)CC2)cc(-c2ccccc2)n1-c1ccccc1F. The Balaban J connectivity index is 1.22. The number of carbonyl (C=O) groups is 1. The highest BCUT2D eigenvalue weighted by Gasteiger charge is 2.27. The second kappa shape index (κ2) is 9.75. The van der Waals surface area contributed by atoms with Crippen LogP contribution < -0.4 is 9.47 Å². The standard InChI is InChI=1S/C30H28FN3O3/c1-21-24(18-27(23-7-3-2-4-8-23)34(21)26-10-6-5-9-25(26)31)30(35)33-15-13-32(14-16-33)19-22-11-12-28-29(17-22)37-20-36-28/h2-12,17-18H,13-16,19-20H2,1H3. The van der Waals surface area contributed by atoms with Crippen LogP contribution in [-0.4, -0.2) is 53.2 Å². The molecular weight excluding hydrogens is 469 g/mol. The van der Waals surface area contributed by atoms with Gasteiger partial charge in [-0.2, -0.15) is 0 Å². The largest absolute Gasteiger partial charge is 0.454 e. The first-order valence-corrected chi connectivity index (χ1v) is 12.5. The Labute approximate surface area is 215 Å². The molecule has 0 N–H and O–H groups in total. The Kier molecular flexibility index (Phi) is 6.14. The molecule has 0 saturated carbocycles. The number of halogens is 1. The first kappa shape index (κ1) is 23.3. The fourth-order valence-electron chi connectivity index (χ4n) is 5.17. The molecule has 0 atom stereocenters. The van der Waals surface area contributed by atoms with Gasteiger partial charge in [0.15, 0.2) is 11.5 Å². The van der Waals surface area contributed by atoms with Crippen molar-refractivity contribution in [2.45, 2.75) is 13.5 Å². The van der Waals surface area contributed by atoms with E-state index < -0.39 is 0 Å². The maximum atomic E-state index is 14.9. The minimum atomic E-state index is -0.325. The molecule has 7 heteroatoms. The number of amides is 1. The van der Waals surface area contributed by atoms with Crippen molar-refractivity contribution < 1.29 is 18.7 Å². The number of aromatic nitrogens is 1. The quantitative estimate of drug-likeness (QED) is 0.377. The van der Waals surface area contributed by atoms with E-state index in [0.717, 1.165) is 53.6 Å². The smallest absolute Gasteiger partial charge is 0.255 e. The first-order chi connectivity index (χ1) is 18.1. The summed E-state index contributed by atoms with van der Waals surface area (Å²) in [6, 6.07) is 24.4. The number of para-hydroxylation sites is 1. The van der Waals surface area contributed by atoms with Crippen LogP contribution in [0.1, 0.15) is 21.6 Å². The molecule has 4 aromatic rings. The summed E-state index contributed by atoms with van der Waals surface area (Å²) in [7, 11) is 0. The van der Waals surface area contributed by atoms with E-state index in [1.165, 1.54) is 6.07 Å². The average Bonchev–Trinajstić information content (AvgIpc) is 3.53. The van der Waals surface area contributed by atoms with Gasteiger partial charge in [-0.25, -0.2) is 4.39 Å². The molecule has 1 aromatic heterocycles. The van der Waals surface area contributed by atoms with Crippen LogP contribution in [0.25, 0.3) is 16.9 Å². The number of piperazine rings is 1. The molecule has 0 unspecified atom stereocenters. The lowest BCUT2D eigenvalue weighted by Gasteiger charge is -2.34. The fraction of sp³-hybridized carbons (Fsp3) is 0.233. The van der Waals surface area contributed by atoms with Crippen LogP contribution in [0.5, 0.6) is 11.5 Å². The predicted molar refractivity (Wildman–Crippen MR) is 140 cm³/mol. The number of carbonyl (C=O) groups excluding carboxylic acids is 1. The molecule has 3 heterocycles. The van der Waals surface area contributed by atoms with Crippen LogP contribution in [-0.2, 0) is 6.54 Å². The maximum absolute atomic E-state index is 14.9. The van der Waals surface area contributed by atoms with Crippen LogP contribution >= 0.6 is 0 Å². The van der Waals surface area contributed by atoms with Crippen molar-refractivity contribution in [3.63, 3.8) is 0 Å². The molecule has 1 amide bonds. The number of nitrogens with zero attached hydrogens (tertiary/aromatic N) is 3. The Morgan fingerprint density at radius 3 is 2.38 bits per heavy atom. The Morgan fingerprint density at radius 1 is 0.865 bits per heavy atom. The number of fused-ring (bicyclic) bond motifs is 1. The van der Waals surface area contributed by atoms with Gasteiger partial charge in [-0.1, -0.05) is 48.5 Å². The van der Waals surface area contributed by atoms with Gasteiger partial charge < -0.3 is 18.9 Å². The normalized spacial score (nSPS) is 15.2. The molecule has 0 spiro atoms. The maximum Gasteiger partial charge on any atom is 0.255 e. The molecule has 2 aliphatic heterocycles. The van der Waals surface area contributed by atoms with Gasteiger partial charge in [0, 0.05) is 38.4 Å². The second-order valence-electron chi connectivity index (χ2n) is 9.44. The monoisotopic (exact) mass is 497 g/mol. The summed E-state index contributed by atoms with van der Waals surface area (Å²) in [4.78, 5) is 17.9. The molecule has 1 saturated heterocycles. The molecule has 188 valence electrons. The lowest BCUT2D eigenvalue weighted by molar-refractivity contribution is 0.0628. The summed E-state index contributed by atoms with van der Waals surface area (Å²) in [6.07, 6.45) is 0. The Bertz CT molecular complexity index is 1440. The van der Waals surface area contributed by atoms with E-state index in [1.54, 1.807) is 12.1 Å². The highest BCUT2D eigenvalue weighted by atomic mass is 19.1. The van der Waals surface area contributed by atoms with E-state index in [-0.39, 0.29) is 18.5 Å². The minimum Gasteiger partial charge on any atom is -0.454 e. The summed E-state index contributed by atoms with van der Waals surface area (Å²) < 4.78 is 27.6. The molecule has 0 bridgehead atoms. The lowest BCUT2D eigenvalue weighted by atomic mass is 10.1. The molecule has 1 fully saturated rings. The van der Waals surface area contributed by atoms with Gasteiger partial charge in [0.1, 0.15) is 5.82 Å². The third kappa shape index (κ3) is 4.47. The summed E-state index contributed by atoms with van der Waals surface area (Å²) in [5, 5.41) is 0. The van der Waals surface area contributed by atoms with E-state index >= 15 is 0 Å². The van der Waals surface area contributed by atoms with Crippen LogP contribution in [0.15, 0.2) is 78.9 Å². The highest BCUT2D eigenvalue weighted by molar-refractivity contribution is 5.97. The molecule has 37 heavy (non-hydrogen) atoms. The van der Waals surface area contributed by atoms with Crippen LogP contribution in [0, 0.1) is 12.7 Å². The number of ether oxygens (including phenoxy) is 2. The minimum absolute atomic E-state index is 0.0208. The van der Waals surface area contributed by atoms with Crippen molar-refractivity contribution in [2.24, 2.45) is 0 Å². The zero-order valence-electron chi connectivity index (χ0n) is 20.7. The van der Waals surface area contributed by atoms with Crippen LogP contribution in [0.3, 0.4) is 0 Å². The Morgan fingerprint density at radius 2 is 1.59 bits per heavy atom. The van der Waals surface area contributed by atoms with E-state index in [4.69, 9.17) is 9.47 Å². The molecule has 3 aromatic carbocycles. The zero-order valence-corrected chi connectivity index (χ0v) is 20.7. The Hall–Kier alpha value is -4.10. The van der Waals surface area contributed by atoms with Crippen molar-refractivity contribution in [1.29, 1.82) is 0 Å². The third-order valence-electron chi connectivity index (χ3n) is 7.14. The van der Waals surface area contributed by atoms with E-state index in [9.17, 15) is 9.18 Å². The van der Waals surface area contributed by atoms with Crippen LogP contribution in [0.2, 0.25) is 0 Å². The van der Waals surface area contributed by atoms with E-state index in [0.29, 0.717) is 24.3 Å². The van der Waals surface area contributed by atoms with Crippen molar-refractivity contribution in [2.75, 3.05) is 33.0 Å². The molecule has 6 nitrogen and oxygen atoms in total. The summed E-state index contributed by atoms with van der Waals surface area (Å²) in [5.74, 6) is 1.23. The number of benzene rings is 3. The topological polar surface area (TPSA) is 46.9 Å². The molecular formula is C30H28FN3O3. The summed E-state index contributed by atoms with van der Waals surface area (Å²) in [6.45, 7) is 5.77. The summed E-state index contributed by atoms with van der Waals surface area (Å²) >= 11 is 0. The van der Waals surface area contributed by atoms with Crippen molar-refractivity contribution in [1.82, 2.24) is 14.4 Å². The third-order valence-corrected chi connectivity index (χ3v) is 7.14. The van der Waals surface area contributed by atoms with Gasteiger partial charge in [0.2, 0.25) is 6.79 Å². The predicted octanol–water partition coefficient (Wildman–Crippen LogP) is 5.28. The summed E-state index contributed by atoms with van der Waals surface area (Å²) in [5.41, 5.74) is 4.67. The number of hydrogen-bond acceptors (Lipinski definition) is 4. The zero-order chi connectivity index (χ0) is 25.4. The van der Waals surface area contributed by atoms with Gasteiger partial charge in [-0.15, -0.1) is 0 Å².